The van der Waals surface area contributed by atoms with Crippen molar-refractivity contribution in [3.05, 3.63) is 59.1 Å². The van der Waals surface area contributed by atoms with E-state index in [1.807, 2.05) is 54.0 Å². The van der Waals surface area contributed by atoms with E-state index in [2.05, 4.69) is 35.4 Å². The zero-order valence-corrected chi connectivity index (χ0v) is 17.7. The molecule has 7 heteroatoms. The molecule has 0 saturated heterocycles. The molecule has 0 bridgehead atoms. The summed E-state index contributed by atoms with van der Waals surface area (Å²) in [6.07, 6.45) is 0. The highest BCUT2D eigenvalue weighted by Crippen LogP contribution is 2.29. The SMILES string of the molecule is Cc1cccc(-n2c(SCC(=O)NCC(C)C)nnc2-c2ccc(Cl)cc2)c1. The van der Waals surface area contributed by atoms with Crippen LogP contribution < -0.4 is 5.32 Å². The van der Waals surface area contributed by atoms with Gasteiger partial charge in [-0.15, -0.1) is 10.2 Å². The second kappa shape index (κ2) is 9.26. The molecule has 0 aliphatic heterocycles. The summed E-state index contributed by atoms with van der Waals surface area (Å²) in [5.74, 6) is 1.41. The summed E-state index contributed by atoms with van der Waals surface area (Å²) < 4.78 is 1.98. The molecule has 1 N–H and O–H groups in total. The van der Waals surface area contributed by atoms with Crippen LogP contribution in [0.25, 0.3) is 17.1 Å². The van der Waals surface area contributed by atoms with Gasteiger partial charge in [0.1, 0.15) is 0 Å². The molecule has 0 fully saturated rings. The van der Waals surface area contributed by atoms with Crippen molar-refractivity contribution in [2.75, 3.05) is 12.3 Å². The number of rotatable bonds is 7. The lowest BCUT2D eigenvalue weighted by molar-refractivity contribution is -0.118. The van der Waals surface area contributed by atoms with Gasteiger partial charge in [0.05, 0.1) is 5.75 Å². The number of thioether (sulfide) groups is 1. The van der Waals surface area contributed by atoms with Gasteiger partial charge in [0.2, 0.25) is 5.91 Å². The van der Waals surface area contributed by atoms with Gasteiger partial charge >= 0.3 is 0 Å². The van der Waals surface area contributed by atoms with Crippen LogP contribution in [0.15, 0.2) is 53.7 Å². The van der Waals surface area contributed by atoms with Crippen LogP contribution in [0, 0.1) is 12.8 Å². The highest BCUT2D eigenvalue weighted by molar-refractivity contribution is 7.99. The zero-order chi connectivity index (χ0) is 20.1. The fourth-order valence-electron chi connectivity index (χ4n) is 2.65. The van der Waals surface area contributed by atoms with Crippen molar-refractivity contribution in [3.63, 3.8) is 0 Å². The molecule has 0 atom stereocenters. The second-order valence-electron chi connectivity index (χ2n) is 6.97. The van der Waals surface area contributed by atoms with E-state index in [-0.39, 0.29) is 11.7 Å². The Labute approximate surface area is 174 Å². The predicted molar refractivity (Wildman–Crippen MR) is 115 cm³/mol. The Hall–Kier alpha value is -2.31. The molecular formula is C21H23ClN4OS. The van der Waals surface area contributed by atoms with Gasteiger partial charge in [-0.05, 0) is 54.8 Å². The fraction of sp³-hybridized carbons (Fsp3) is 0.286. The van der Waals surface area contributed by atoms with Crippen molar-refractivity contribution in [3.8, 4) is 17.1 Å². The maximum atomic E-state index is 12.1. The molecule has 3 aromatic rings. The van der Waals surface area contributed by atoms with Gasteiger partial charge in [0.25, 0.3) is 0 Å². The number of aryl methyl sites for hydroxylation is 1. The molecule has 1 amide bonds. The quantitative estimate of drug-likeness (QED) is 0.566. The zero-order valence-electron chi connectivity index (χ0n) is 16.1. The monoisotopic (exact) mass is 414 g/mol. The third-order valence-electron chi connectivity index (χ3n) is 4.04. The van der Waals surface area contributed by atoms with Crippen molar-refractivity contribution >= 4 is 29.3 Å². The Kier molecular flexibility index (Phi) is 6.75. The molecule has 0 radical (unpaired) electrons. The van der Waals surface area contributed by atoms with E-state index >= 15 is 0 Å². The number of carbonyl (C=O) groups is 1. The van der Waals surface area contributed by atoms with Gasteiger partial charge in [-0.1, -0.05) is 49.3 Å². The Balaban J connectivity index is 1.92. The van der Waals surface area contributed by atoms with E-state index in [0.29, 0.717) is 28.5 Å². The van der Waals surface area contributed by atoms with Crippen molar-refractivity contribution in [1.82, 2.24) is 20.1 Å². The number of carbonyl (C=O) groups excluding carboxylic acids is 1. The van der Waals surface area contributed by atoms with Crippen LogP contribution in [0.3, 0.4) is 0 Å². The summed E-state index contributed by atoms with van der Waals surface area (Å²) in [5.41, 5.74) is 3.01. The molecule has 5 nitrogen and oxygen atoms in total. The number of hydrogen-bond acceptors (Lipinski definition) is 4. The first kappa shape index (κ1) is 20.4. The van der Waals surface area contributed by atoms with Gasteiger partial charge in [-0.25, -0.2) is 0 Å². The summed E-state index contributed by atoms with van der Waals surface area (Å²) >= 11 is 7.40. The number of aromatic nitrogens is 3. The lowest BCUT2D eigenvalue weighted by Crippen LogP contribution is -2.28. The third-order valence-corrected chi connectivity index (χ3v) is 5.22. The first-order valence-corrected chi connectivity index (χ1v) is 10.5. The van der Waals surface area contributed by atoms with Gasteiger partial charge in [-0.2, -0.15) is 0 Å². The van der Waals surface area contributed by atoms with E-state index in [4.69, 9.17) is 11.6 Å². The molecule has 3 rings (SSSR count). The molecule has 2 aromatic carbocycles. The molecule has 0 aliphatic rings. The number of hydrogen-bond donors (Lipinski definition) is 1. The molecule has 1 aromatic heterocycles. The van der Waals surface area contributed by atoms with Gasteiger partial charge in [-0.3, -0.25) is 9.36 Å². The van der Waals surface area contributed by atoms with E-state index in [1.54, 1.807) is 0 Å². The minimum atomic E-state index is -0.00876. The molecule has 28 heavy (non-hydrogen) atoms. The summed E-state index contributed by atoms with van der Waals surface area (Å²) in [5, 5.41) is 13.0. The average molecular weight is 415 g/mol. The Morgan fingerprint density at radius 1 is 1.18 bits per heavy atom. The molecule has 0 spiro atoms. The van der Waals surface area contributed by atoms with Crippen LogP contribution in [0.4, 0.5) is 0 Å². The summed E-state index contributed by atoms with van der Waals surface area (Å²) in [7, 11) is 0. The normalized spacial score (nSPS) is 11.0. The lowest BCUT2D eigenvalue weighted by Gasteiger charge is -2.11. The van der Waals surface area contributed by atoms with Crippen molar-refractivity contribution in [1.29, 1.82) is 0 Å². The van der Waals surface area contributed by atoms with Crippen molar-refractivity contribution < 1.29 is 4.79 Å². The maximum Gasteiger partial charge on any atom is 0.230 e. The first-order chi connectivity index (χ1) is 13.4. The minimum Gasteiger partial charge on any atom is -0.355 e. The number of nitrogens with one attached hydrogen (secondary N) is 1. The van der Waals surface area contributed by atoms with Crippen molar-refractivity contribution in [2.45, 2.75) is 25.9 Å². The minimum absolute atomic E-state index is 0.00876. The Bertz CT molecular complexity index is 953. The molecule has 0 unspecified atom stereocenters. The van der Waals surface area contributed by atoms with Crippen LogP contribution in [-0.2, 0) is 4.79 Å². The van der Waals surface area contributed by atoms with E-state index in [9.17, 15) is 4.79 Å². The van der Waals surface area contributed by atoms with Gasteiger partial charge in [0.15, 0.2) is 11.0 Å². The van der Waals surface area contributed by atoms with Gasteiger partial charge < -0.3 is 5.32 Å². The van der Waals surface area contributed by atoms with E-state index < -0.39 is 0 Å². The van der Waals surface area contributed by atoms with Gasteiger partial charge in [0, 0.05) is 22.8 Å². The Morgan fingerprint density at radius 2 is 1.93 bits per heavy atom. The standard InChI is InChI=1S/C21H23ClN4OS/c1-14(2)12-23-19(27)13-28-21-25-24-20(16-7-9-17(22)10-8-16)26(21)18-6-4-5-15(3)11-18/h4-11,14H,12-13H2,1-3H3,(H,23,27). The van der Waals surface area contributed by atoms with E-state index in [1.165, 1.54) is 11.8 Å². The third kappa shape index (κ3) is 5.14. The fourth-order valence-corrected chi connectivity index (χ4v) is 3.56. The van der Waals surface area contributed by atoms with Crippen LogP contribution >= 0.6 is 23.4 Å². The van der Waals surface area contributed by atoms with Crippen molar-refractivity contribution in [2.24, 2.45) is 5.92 Å². The van der Waals surface area contributed by atoms with E-state index in [0.717, 1.165) is 16.8 Å². The molecule has 1 heterocycles. The molecule has 0 saturated carbocycles. The second-order valence-corrected chi connectivity index (χ2v) is 8.35. The summed E-state index contributed by atoms with van der Waals surface area (Å²) in [4.78, 5) is 12.1. The number of benzene rings is 2. The van der Waals surface area contributed by atoms with Crippen LogP contribution in [0.2, 0.25) is 5.02 Å². The van der Waals surface area contributed by atoms with Crippen LogP contribution in [0.5, 0.6) is 0 Å². The highest BCUT2D eigenvalue weighted by atomic mass is 35.5. The highest BCUT2D eigenvalue weighted by Gasteiger charge is 2.17. The largest absolute Gasteiger partial charge is 0.355 e. The first-order valence-electron chi connectivity index (χ1n) is 9.12. The number of halogens is 1. The summed E-state index contributed by atoms with van der Waals surface area (Å²) in [6, 6.07) is 15.6. The average Bonchev–Trinajstić information content (AvgIpc) is 3.09. The maximum absolute atomic E-state index is 12.1. The van der Waals surface area contributed by atoms with Crippen LogP contribution in [-0.4, -0.2) is 33.0 Å². The predicted octanol–water partition coefficient (Wildman–Crippen LogP) is 4.76. The molecule has 0 aliphatic carbocycles. The summed E-state index contributed by atoms with van der Waals surface area (Å²) in [6.45, 7) is 6.85. The topological polar surface area (TPSA) is 59.8 Å². The number of amides is 1. The number of nitrogens with zero attached hydrogens (tertiary/aromatic N) is 3. The van der Waals surface area contributed by atoms with Crippen LogP contribution in [0.1, 0.15) is 19.4 Å². The Morgan fingerprint density at radius 3 is 2.61 bits per heavy atom. The molecular weight excluding hydrogens is 392 g/mol. The smallest absolute Gasteiger partial charge is 0.230 e. The lowest BCUT2D eigenvalue weighted by atomic mass is 10.2. The molecule has 146 valence electrons.